The normalized spacial score (nSPS) is 16.8. The Kier molecular flexibility index (Phi) is 2.58. The van der Waals surface area contributed by atoms with Gasteiger partial charge >= 0.3 is 5.97 Å². The fraction of sp³-hybridized carbons (Fsp3) is 0.455. The quantitative estimate of drug-likeness (QED) is 0.776. The summed E-state index contributed by atoms with van der Waals surface area (Å²) in [6, 6.07) is 3.34. The zero-order valence-corrected chi connectivity index (χ0v) is 8.44. The molecule has 4 heteroatoms. The van der Waals surface area contributed by atoms with Crippen molar-refractivity contribution in [3.63, 3.8) is 0 Å². The predicted octanol–water partition coefficient (Wildman–Crippen LogP) is 2.02. The van der Waals surface area contributed by atoms with Crippen molar-refractivity contribution in [3.05, 3.63) is 23.4 Å². The van der Waals surface area contributed by atoms with E-state index in [9.17, 15) is 4.79 Å². The molecule has 80 valence electrons. The number of carboxylic acids is 1. The van der Waals surface area contributed by atoms with E-state index in [2.05, 4.69) is 4.98 Å². The maximum Gasteiger partial charge on any atom is 0.339 e. The van der Waals surface area contributed by atoms with Crippen LogP contribution in [0.15, 0.2) is 12.1 Å². The average molecular weight is 206 g/mol. The monoisotopic (exact) mass is 206 g/mol. The predicted molar refractivity (Wildman–Crippen MR) is 56.8 cm³/mol. The van der Waals surface area contributed by atoms with Crippen LogP contribution in [0.4, 0.5) is 5.82 Å². The van der Waals surface area contributed by atoms with Gasteiger partial charge in [0.2, 0.25) is 0 Å². The third-order valence-electron chi connectivity index (χ3n) is 2.95. The highest BCUT2D eigenvalue weighted by Crippen LogP contribution is 2.33. The van der Waals surface area contributed by atoms with Crippen LogP contribution < -0.4 is 5.73 Å². The molecule has 2 rings (SSSR count). The van der Waals surface area contributed by atoms with Gasteiger partial charge in [0, 0.05) is 11.6 Å². The van der Waals surface area contributed by atoms with E-state index >= 15 is 0 Å². The number of pyridine rings is 1. The number of anilines is 1. The number of aromatic nitrogens is 1. The van der Waals surface area contributed by atoms with Gasteiger partial charge in [0.1, 0.15) is 11.4 Å². The van der Waals surface area contributed by atoms with Crippen molar-refractivity contribution in [1.29, 1.82) is 0 Å². The average Bonchev–Trinajstić information content (AvgIpc) is 2.69. The van der Waals surface area contributed by atoms with E-state index in [1.807, 2.05) is 0 Å². The highest BCUT2D eigenvalue weighted by molar-refractivity contribution is 5.92. The lowest BCUT2D eigenvalue weighted by Crippen LogP contribution is -2.07. The van der Waals surface area contributed by atoms with E-state index in [1.165, 1.54) is 12.8 Å². The van der Waals surface area contributed by atoms with Gasteiger partial charge in [-0.3, -0.25) is 0 Å². The number of hydrogen-bond acceptors (Lipinski definition) is 3. The maximum atomic E-state index is 10.7. The van der Waals surface area contributed by atoms with Crippen LogP contribution in [0.25, 0.3) is 0 Å². The number of nitrogen functional groups attached to an aromatic ring is 1. The molecular weight excluding hydrogens is 192 g/mol. The van der Waals surface area contributed by atoms with E-state index in [4.69, 9.17) is 10.8 Å². The van der Waals surface area contributed by atoms with Crippen LogP contribution >= 0.6 is 0 Å². The van der Waals surface area contributed by atoms with Gasteiger partial charge in [-0.05, 0) is 25.0 Å². The van der Waals surface area contributed by atoms with Gasteiger partial charge in [-0.2, -0.15) is 0 Å². The fourth-order valence-electron chi connectivity index (χ4n) is 2.12. The number of hydrogen-bond donors (Lipinski definition) is 2. The van der Waals surface area contributed by atoms with Gasteiger partial charge in [-0.15, -0.1) is 0 Å². The van der Waals surface area contributed by atoms with E-state index in [1.54, 1.807) is 12.1 Å². The second-order valence-electron chi connectivity index (χ2n) is 3.96. The molecule has 0 unspecified atom stereocenters. The van der Waals surface area contributed by atoms with Gasteiger partial charge in [0.15, 0.2) is 0 Å². The number of rotatable bonds is 2. The Labute approximate surface area is 88.1 Å². The topological polar surface area (TPSA) is 76.2 Å². The van der Waals surface area contributed by atoms with E-state index < -0.39 is 5.97 Å². The van der Waals surface area contributed by atoms with Crippen molar-refractivity contribution in [2.45, 2.75) is 31.6 Å². The van der Waals surface area contributed by atoms with Crippen molar-refractivity contribution in [2.24, 2.45) is 0 Å². The maximum absolute atomic E-state index is 10.7. The van der Waals surface area contributed by atoms with Crippen molar-refractivity contribution in [1.82, 2.24) is 4.98 Å². The lowest BCUT2D eigenvalue weighted by molar-refractivity contribution is 0.0697. The summed E-state index contributed by atoms with van der Waals surface area (Å²) in [5.41, 5.74) is 6.63. The first-order valence-electron chi connectivity index (χ1n) is 5.18. The first-order valence-corrected chi connectivity index (χ1v) is 5.18. The van der Waals surface area contributed by atoms with Crippen molar-refractivity contribution in [2.75, 3.05) is 5.73 Å². The Bertz CT molecular complexity index is 384. The molecule has 4 nitrogen and oxygen atoms in total. The van der Waals surface area contributed by atoms with Crippen molar-refractivity contribution < 1.29 is 9.90 Å². The van der Waals surface area contributed by atoms with Gasteiger partial charge < -0.3 is 10.8 Å². The Hall–Kier alpha value is -1.58. The van der Waals surface area contributed by atoms with Gasteiger partial charge in [0.05, 0.1) is 0 Å². The second-order valence-corrected chi connectivity index (χ2v) is 3.96. The molecule has 0 amide bonds. The lowest BCUT2D eigenvalue weighted by atomic mass is 10.0. The van der Waals surface area contributed by atoms with Crippen LogP contribution in [0.3, 0.4) is 0 Å². The summed E-state index contributed by atoms with van der Waals surface area (Å²) in [4.78, 5) is 14.9. The highest BCUT2D eigenvalue weighted by atomic mass is 16.4. The summed E-state index contributed by atoms with van der Waals surface area (Å²) >= 11 is 0. The van der Waals surface area contributed by atoms with Crippen molar-refractivity contribution >= 4 is 11.8 Å². The van der Waals surface area contributed by atoms with Gasteiger partial charge in [-0.1, -0.05) is 12.8 Å². The lowest BCUT2D eigenvalue weighted by Gasteiger charge is -2.09. The molecule has 3 N–H and O–H groups in total. The zero-order chi connectivity index (χ0) is 10.8. The molecule has 0 spiro atoms. The third kappa shape index (κ3) is 1.93. The molecule has 0 aliphatic heterocycles. The zero-order valence-electron chi connectivity index (χ0n) is 8.44. The fourth-order valence-corrected chi connectivity index (χ4v) is 2.12. The van der Waals surface area contributed by atoms with Crippen LogP contribution in [0, 0.1) is 0 Å². The second kappa shape index (κ2) is 3.88. The number of carbonyl (C=O) groups is 1. The SMILES string of the molecule is Nc1nc(C2CCCC2)ccc1C(=O)O. The number of carboxylic acid groups (broad SMARTS) is 1. The molecular formula is C11H14N2O2. The molecule has 1 aliphatic rings. The molecule has 0 radical (unpaired) electrons. The summed E-state index contributed by atoms with van der Waals surface area (Å²) in [7, 11) is 0. The molecule has 1 aliphatic carbocycles. The molecule has 0 bridgehead atoms. The van der Waals surface area contributed by atoms with Gasteiger partial charge in [0.25, 0.3) is 0 Å². The largest absolute Gasteiger partial charge is 0.478 e. The molecule has 0 saturated heterocycles. The van der Waals surface area contributed by atoms with Crippen LogP contribution in [0.2, 0.25) is 0 Å². The minimum atomic E-state index is -1.02. The summed E-state index contributed by atoms with van der Waals surface area (Å²) in [5, 5.41) is 8.80. The first-order chi connectivity index (χ1) is 7.18. The number of aromatic carboxylic acids is 1. The minimum absolute atomic E-state index is 0.0942. The first kappa shape index (κ1) is 9.96. The molecule has 1 heterocycles. The molecule has 1 aromatic heterocycles. The van der Waals surface area contributed by atoms with Crippen LogP contribution in [-0.4, -0.2) is 16.1 Å². The summed E-state index contributed by atoms with van der Waals surface area (Å²) < 4.78 is 0. The Morgan fingerprint density at radius 1 is 1.40 bits per heavy atom. The smallest absolute Gasteiger partial charge is 0.339 e. The number of nitrogens with zero attached hydrogens (tertiary/aromatic N) is 1. The number of nitrogens with two attached hydrogens (primary N) is 1. The summed E-state index contributed by atoms with van der Waals surface area (Å²) in [5.74, 6) is -0.417. The molecule has 1 fully saturated rings. The Balaban J connectivity index is 2.28. The molecule has 15 heavy (non-hydrogen) atoms. The third-order valence-corrected chi connectivity index (χ3v) is 2.95. The molecule has 1 saturated carbocycles. The van der Waals surface area contributed by atoms with E-state index in [-0.39, 0.29) is 11.4 Å². The highest BCUT2D eigenvalue weighted by Gasteiger charge is 2.19. The Morgan fingerprint density at radius 3 is 2.60 bits per heavy atom. The van der Waals surface area contributed by atoms with E-state index in [0.717, 1.165) is 18.5 Å². The van der Waals surface area contributed by atoms with Crippen LogP contribution in [-0.2, 0) is 0 Å². The minimum Gasteiger partial charge on any atom is -0.478 e. The van der Waals surface area contributed by atoms with Crippen LogP contribution in [0.5, 0.6) is 0 Å². The van der Waals surface area contributed by atoms with Gasteiger partial charge in [-0.25, -0.2) is 9.78 Å². The van der Waals surface area contributed by atoms with E-state index in [0.29, 0.717) is 5.92 Å². The summed E-state index contributed by atoms with van der Waals surface area (Å²) in [6.07, 6.45) is 4.73. The standard InChI is InChI=1S/C11H14N2O2/c12-10-8(11(14)15)5-6-9(13-10)7-3-1-2-4-7/h5-7H,1-4H2,(H2,12,13)(H,14,15). The molecule has 0 atom stereocenters. The molecule has 1 aromatic rings. The van der Waals surface area contributed by atoms with Crippen LogP contribution in [0.1, 0.15) is 47.7 Å². The Morgan fingerprint density at radius 2 is 2.07 bits per heavy atom. The van der Waals surface area contributed by atoms with Crippen molar-refractivity contribution in [3.8, 4) is 0 Å². The molecule has 0 aromatic carbocycles. The summed E-state index contributed by atoms with van der Waals surface area (Å²) in [6.45, 7) is 0.